The van der Waals surface area contributed by atoms with Crippen LogP contribution in [0, 0.1) is 3.57 Å². The third kappa shape index (κ3) is 4.39. The van der Waals surface area contributed by atoms with Gasteiger partial charge in [-0.25, -0.2) is 4.79 Å². The summed E-state index contributed by atoms with van der Waals surface area (Å²) in [6, 6.07) is 15.5. The number of nitrogens with one attached hydrogen (secondary N) is 1. The number of nitrogens with zero attached hydrogens (tertiary/aromatic N) is 1. The number of amides is 2. The van der Waals surface area contributed by atoms with Crippen molar-refractivity contribution in [3.8, 4) is 0 Å². The zero-order valence-electron chi connectivity index (χ0n) is 16.3. The monoisotopic (exact) mass is 624 g/mol. The number of hydrogen-bond donors (Lipinski definition) is 2. The molecule has 2 N–H and O–H groups in total. The van der Waals surface area contributed by atoms with Crippen molar-refractivity contribution in [1.29, 1.82) is 0 Å². The highest BCUT2D eigenvalue weighted by molar-refractivity contribution is 14.1. The minimum atomic E-state index is -1.40. The lowest BCUT2D eigenvalue weighted by Crippen LogP contribution is -2.44. The molecule has 4 rings (SSSR count). The van der Waals surface area contributed by atoms with Crippen LogP contribution < -0.4 is 5.32 Å². The minimum Gasteiger partial charge on any atom is -0.479 e. The second-order valence-corrected chi connectivity index (χ2v) is 9.74. The predicted molar refractivity (Wildman–Crippen MR) is 133 cm³/mol. The lowest BCUT2D eigenvalue weighted by molar-refractivity contribution is -0.144. The van der Waals surface area contributed by atoms with Gasteiger partial charge in [-0.2, -0.15) is 0 Å². The average molecular weight is 626 g/mol. The Morgan fingerprint density at radius 1 is 1.06 bits per heavy atom. The number of benzene rings is 3. The van der Waals surface area contributed by atoms with E-state index in [1.54, 1.807) is 66.7 Å². The number of carboxylic acids is 1. The number of anilines is 1. The van der Waals surface area contributed by atoms with E-state index in [0.29, 0.717) is 21.8 Å². The number of carbonyl (C=O) groups is 3. The quantitative estimate of drug-likeness (QED) is 0.366. The van der Waals surface area contributed by atoms with Crippen molar-refractivity contribution in [3.63, 3.8) is 0 Å². The van der Waals surface area contributed by atoms with E-state index in [4.69, 9.17) is 11.6 Å². The molecule has 0 unspecified atom stereocenters. The number of fused-ring (bicyclic) bond motifs is 1. The Morgan fingerprint density at radius 3 is 2.34 bits per heavy atom. The second-order valence-electron chi connectivity index (χ2n) is 7.14. The van der Waals surface area contributed by atoms with Crippen molar-refractivity contribution in [3.05, 3.63) is 96.5 Å². The Morgan fingerprint density at radius 2 is 1.72 bits per heavy atom. The number of hydrogen-bond acceptors (Lipinski definition) is 3. The number of carboxylic acid groups (broad SMARTS) is 1. The van der Waals surface area contributed by atoms with Gasteiger partial charge in [0.2, 0.25) is 0 Å². The van der Waals surface area contributed by atoms with Crippen molar-refractivity contribution < 1.29 is 19.5 Å². The molecule has 162 valence electrons. The second kappa shape index (κ2) is 9.21. The van der Waals surface area contributed by atoms with E-state index in [9.17, 15) is 19.5 Å². The van der Waals surface area contributed by atoms with Crippen LogP contribution in [0.25, 0.3) is 0 Å². The van der Waals surface area contributed by atoms with Gasteiger partial charge in [0.25, 0.3) is 11.8 Å². The standard InChI is InChI=1S/C23H15BrClIN2O4/c24-14-5-1-13(2-6-14)20(23(31)32)28-19(12-3-7-15(25)8-4-12)21(29)27-18-10-9-16(26)11-17(18)22(28)30/h1-11,19-20H,(H,27,29)(H,31,32)/t19-,20-/m0/s1. The maximum Gasteiger partial charge on any atom is 0.331 e. The molecular formula is C23H15BrClIN2O4. The van der Waals surface area contributed by atoms with Crippen LogP contribution in [0.1, 0.15) is 33.6 Å². The number of halogens is 3. The lowest BCUT2D eigenvalue weighted by Gasteiger charge is -2.34. The highest BCUT2D eigenvalue weighted by Crippen LogP contribution is 2.38. The van der Waals surface area contributed by atoms with Gasteiger partial charge in [0, 0.05) is 13.1 Å². The van der Waals surface area contributed by atoms with Crippen molar-refractivity contribution in [2.75, 3.05) is 5.32 Å². The fraction of sp³-hybridized carbons (Fsp3) is 0.0870. The van der Waals surface area contributed by atoms with Crippen molar-refractivity contribution in [2.24, 2.45) is 0 Å². The van der Waals surface area contributed by atoms with E-state index in [1.165, 1.54) is 0 Å². The van der Waals surface area contributed by atoms with Crippen LogP contribution in [-0.2, 0) is 9.59 Å². The lowest BCUT2D eigenvalue weighted by atomic mass is 9.98. The molecular weight excluding hydrogens is 611 g/mol. The predicted octanol–water partition coefficient (Wildman–Crippen LogP) is 5.67. The third-order valence-electron chi connectivity index (χ3n) is 5.11. The molecule has 32 heavy (non-hydrogen) atoms. The van der Waals surface area contributed by atoms with Crippen molar-refractivity contribution >= 4 is 73.6 Å². The van der Waals surface area contributed by atoms with E-state index in [1.807, 2.05) is 0 Å². The van der Waals surface area contributed by atoms with E-state index in [-0.39, 0.29) is 5.56 Å². The molecule has 1 heterocycles. The number of carbonyl (C=O) groups excluding carboxylic acids is 2. The van der Waals surface area contributed by atoms with Crippen LogP contribution in [0.2, 0.25) is 5.02 Å². The fourth-order valence-corrected chi connectivity index (χ4v) is 4.56. The molecule has 1 aliphatic heterocycles. The number of rotatable bonds is 4. The molecule has 6 nitrogen and oxygen atoms in total. The van der Waals surface area contributed by atoms with Gasteiger partial charge in [-0.1, -0.05) is 51.8 Å². The molecule has 1 aliphatic rings. The Hall–Kier alpha value is -2.43. The zero-order chi connectivity index (χ0) is 23.0. The maximum absolute atomic E-state index is 13.8. The average Bonchev–Trinajstić information content (AvgIpc) is 2.85. The van der Waals surface area contributed by atoms with Gasteiger partial charge in [-0.05, 0) is 76.2 Å². The van der Waals surface area contributed by atoms with E-state index in [0.717, 1.165) is 12.9 Å². The van der Waals surface area contributed by atoms with Gasteiger partial charge < -0.3 is 15.3 Å². The Bertz CT molecular complexity index is 1220. The molecule has 2 atom stereocenters. The van der Waals surface area contributed by atoms with Crippen LogP contribution in [0.3, 0.4) is 0 Å². The molecule has 0 saturated heterocycles. The van der Waals surface area contributed by atoms with E-state index >= 15 is 0 Å². The zero-order valence-corrected chi connectivity index (χ0v) is 20.8. The first-order chi connectivity index (χ1) is 15.3. The first-order valence-corrected chi connectivity index (χ1v) is 11.7. The van der Waals surface area contributed by atoms with Crippen molar-refractivity contribution in [1.82, 2.24) is 4.90 Å². The van der Waals surface area contributed by atoms with Crippen LogP contribution in [0.5, 0.6) is 0 Å². The highest BCUT2D eigenvalue weighted by atomic mass is 127. The molecule has 0 radical (unpaired) electrons. The van der Waals surface area contributed by atoms with Gasteiger partial charge in [0.15, 0.2) is 6.04 Å². The van der Waals surface area contributed by atoms with Crippen LogP contribution in [0.15, 0.2) is 71.2 Å². The molecule has 2 amide bonds. The summed E-state index contributed by atoms with van der Waals surface area (Å²) in [6.45, 7) is 0. The first-order valence-electron chi connectivity index (χ1n) is 9.43. The summed E-state index contributed by atoms with van der Waals surface area (Å²) >= 11 is 11.4. The Balaban J connectivity index is 1.95. The van der Waals surface area contributed by atoms with Gasteiger partial charge in [0.05, 0.1) is 11.3 Å². The molecule has 0 fully saturated rings. The summed E-state index contributed by atoms with van der Waals surface area (Å²) in [7, 11) is 0. The van der Waals surface area contributed by atoms with Gasteiger partial charge in [-0.15, -0.1) is 0 Å². The Labute approximate surface area is 210 Å². The smallest absolute Gasteiger partial charge is 0.331 e. The van der Waals surface area contributed by atoms with Crippen LogP contribution in [-0.4, -0.2) is 27.8 Å². The van der Waals surface area contributed by atoms with E-state index in [2.05, 4.69) is 43.8 Å². The van der Waals surface area contributed by atoms with Gasteiger partial charge >= 0.3 is 5.97 Å². The fourth-order valence-electron chi connectivity index (χ4n) is 3.68. The molecule has 0 bridgehead atoms. The SMILES string of the molecule is O=C(O)[C@H](c1ccc(Br)cc1)N1C(=O)c2cc(I)ccc2NC(=O)[C@@H]1c1ccc(Cl)cc1. The van der Waals surface area contributed by atoms with E-state index < -0.39 is 29.9 Å². The summed E-state index contributed by atoms with van der Waals surface area (Å²) in [4.78, 5) is 40.8. The Kier molecular flexibility index (Phi) is 6.55. The van der Waals surface area contributed by atoms with Gasteiger partial charge in [0.1, 0.15) is 6.04 Å². The molecule has 3 aromatic rings. The minimum absolute atomic E-state index is 0.227. The van der Waals surface area contributed by atoms with Gasteiger partial charge in [-0.3, -0.25) is 9.59 Å². The summed E-state index contributed by atoms with van der Waals surface area (Å²) in [5.74, 6) is -2.32. The normalized spacial score (nSPS) is 16.7. The van der Waals surface area contributed by atoms with Crippen molar-refractivity contribution in [2.45, 2.75) is 12.1 Å². The molecule has 0 spiro atoms. The third-order valence-corrected chi connectivity index (χ3v) is 6.57. The van der Waals surface area contributed by atoms with Crippen LogP contribution in [0.4, 0.5) is 5.69 Å². The first kappa shape index (κ1) is 22.8. The summed E-state index contributed by atoms with van der Waals surface area (Å²) in [6.07, 6.45) is 0. The largest absolute Gasteiger partial charge is 0.479 e. The number of aliphatic carboxylic acids is 1. The maximum atomic E-state index is 13.8. The summed E-state index contributed by atoms with van der Waals surface area (Å²) in [5, 5.41) is 13.4. The highest BCUT2D eigenvalue weighted by Gasteiger charge is 2.43. The molecule has 0 aromatic heterocycles. The van der Waals surface area contributed by atoms with Crippen LogP contribution >= 0.6 is 50.1 Å². The summed E-state index contributed by atoms with van der Waals surface area (Å²) < 4.78 is 1.55. The topological polar surface area (TPSA) is 86.7 Å². The molecule has 0 aliphatic carbocycles. The summed E-state index contributed by atoms with van der Waals surface area (Å²) in [5.41, 5.74) is 1.38. The molecule has 0 saturated carbocycles. The molecule has 3 aromatic carbocycles. The molecule has 9 heteroatoms.